The molecule has 0 fully saturated rings. The van der Waals surface area contributed by atoms with Gasteiger partial charge in [0.25, 0.3) is 0 Å². The first-order valence-electron chi connectivity index (χ1n) is 3.29. The first kappa shape index (κ1) is 8.75. The standard InChI is InChI=1S/C9H10S2/c1-6(2)7-3-4-8(10)9(11)5-7/h3-5,10-11H,1H2,2H3. The third-order valence-electron chi connectivity index (χ3n) is 1.47. The zero-order valence-electron chi connectivity index (χ0n) is 6.33. The minimum Gasteiger partial charge on any atom is -0.142 e. The van der Waals surface area contributed by atoms with Crippen LogP contribution in [0.1, 0.15) is 12.5 Å². The summed E-state index contributed by atoms with van der Waals surface area (Å²) in [6, 6.07) is 5.88. The summed E-state index contributed by atoms with van der Waals surface area (Å²) >= 11 is 8.45. The van der Waals surface area contributed by atoms with Crippen LogP contribution in [0.3, 0.4) is 0 Å². The lowest BCUT2D eigenvalue weighted by Crippen LogP contribution is -1.78. The maximum Gasteiger partial charge on any atom is 0.0180 e. The molecule has 0 unspecified atom stereocenters. The van der Waals surface area contributed by atoms with Crippen molar-refractivity contribution < 1.29 is 0 Å². The van der Waals surface area contributed by atoms with Crippen molar-refractivity contribution in [2.75, 3.05) is 0 Å². The molecule has 0 aromatic heterocycles. The highest BCUT2D eigenvalue weighted by Gasteiger charge is 1.96. The van der Waals surface area contributed by atoms with Crippen LogP contribution < -0.4 is 0 Å². The molecule has 0 heterocycles. The predicted molar refractivity (Wildman–Crippen MR) is 55.7 cm³/mol. The lowest BCUT2D eigenvalue weighted by molar-refractivity contribution is 1.25. The largest absolute Gasteiger partial charge is 0.142 e. The van der Waals surface area contributed by atoms with Crippen LogP contribution in [0.5, 0.6) is 0 Å². The molecule has 0 nitrogen and oxygen atoms in total. The molecule has 11 heavy (non-hydrogen) atoms. The Morgan fingerprint density at radius 1 is 1.27 bits per heavy atom. The molecule has 1 aromatic carbocycles. The highest BCUT2D eigenvalue weighted by atomic mass is 32.1. The average Bonchev–Trinajstić information content (AvgIpc) is 1.94. The predicted octanol–water partition coefficient (Wildman–Crippen LogP) is 3.30. The van der Waals surface area contributed by atoms with Gasteiger partial charge in [-0.2, -0.15) is 0 Å². The molecule has 0 saturated heterocycles. The Hall–Kier alpha value is -0.340. The molecule has 1 rings (SSSR count). The number of rotatable bonds is 1. The van der Waals surface area contributed by atoms with Crippen LogP contribution >= 0.6 is 25.3 Å². The van der Waals surface area contributed by atoms with Crippen LogP contribution in [0.25, 0.3) is 5.57 Å². The molecule has 0 N–H and O–H groups in total. The van der Waals surface area contributed by atoms with E-state index < -0.39 is 0 Å². The van der Waals surface area contributed by atoms with Gasteiger partial charge in [0, 0.05) is 9.79 Å². The van der Waals surface area contributed by atoms with Gasteiger partial charge in [-0.25, -0.2) is 0 Å². The zero-order valence-corrected chi connectivity index (χ0v) is 8.12. The van der Waals surface area contributed by atoms with Gasteiger partial charge in [-0.05, 0) is 24.6 Å². The Labute approximate surface area is 78.1 Å². The van der Waals surface area contributed by atoms with Gasteiger partial charge < -0.3 is 0 Å². The Morgan fingerprint density at radius 3 is 2.36 bits per heavy atom. The molecule has 0 aliphatic heterocycles. The fourth-order valence-electron chi connectivity index (χ4n) is 0.789. The van der Waals surface area contributed by atoms with Gasteiger partial charge in [0.05, 0.1) is 0 Å². The smallest absolute Gasteiger partial charge is 0.0180 e. The second-order valence-corrected chi connectivity index (χ2v) is 3.45. The van der Waals surface area contributed by atoms with Crippen LogP contribution in [-0.2, 0) is 0 Å². The van der Waals surface area contributed by atoms with Crippen molar-refractivity contribution in [3.05, 3.63) is 30.3 Å². The summed E-state index contributed by atoms with van der Waals surface area (Å²) in [5, 5.41) is 0. The van der Waals surface area contributed by atoms with E-state index in [1.165, 1.54) is 0 Å². The van der Waals surface area contributed by atoms with E-state index in [1.807, 2.05) is 25.1 Å². The summed E-state index contributed by atoms with van der Waals surface area (Å²) in [6.45, 7) is 5.81. The summed E-state index contributed by atoms with van der Waals surface area (Å²) in [7, 11) is 0. The van der Waals surface area contributed by atoms with Gasteiger partial charge in [-0.3, -0.25) is 0 Å². The highest BCUT2D eigenvalue weighted by molar-refractivity contribution is 7.83. The Morgan fingerprint density at radius 2 is 1.91 bits per heavy atom. The number of hydrogen-bond acceptors (Lipinski definition) is 2. The molecule has 2 heteroatoms. The van der Waals surface area contributed by atoms with Gasteiger partial charge in [0.15, 0.2) is 0 Å². The number of benzene rings is 1. The molecule has 0 atom stereocenters. The molecule has 0 bridgehead atoms. The topological polar surface area (TPSA) is 0 Å². The fraction of sp³-hybridized carbons (Fsp3) is 0.111. The van der Waals surface area contributed by atoms with E-state index in [0.29, 0.717) is 0 Å². The normalized spacial score (nSPS) is 9.73. The minimum absolute atomic E-state index is 0.897. The van der Waals surface area contributed by atoms with E-state index in [9.17, 15) is 0 Å². The molecule has 0 aliphatic rings. The van der Waals surface area contributed by atoms with Gasteiger partial charge in [-0.1, -0.05) is 18.2 Å². The molecular weight excluding hydrogens is 172 g/mol. The summed E-state index contributed by atoms with van der Waals surface area (Å²) in [5.74, 6) is 0. The highest BCUT2D eigenvalue weighted by Crippen LogP contribution is 2.22. The Bertz CT molecular complexity index is 290. The summed E-state index contributed by atoms with van der Waals surface area (Å²) < 4.78 is 0. The van der Waals surface area contributed by atoms with E-state index in [-0.39, 0.29) is 0 Å². The van der Waals surface area contributed by atoms with Crippen molar-refractivity contribution in [3.63, 3.8) is 0 Å². The number of allylic oxidation sites excluding steroid dienone is 1. The molecule has 0 aliphatic carbocycles. The Kier molecular flexibility index (Phi) is 2.68. The molecule has 0 saturated carbocycles. The van der Waals surface area contributed by atoms with Crippen molar-refractivity contribution in [1.29, 1.82) is 0 Å². The van der Waals surface area contributed by atoms with Crippen molar-refractivity contribution in [3.8, 4) is 0 Å². The molecule has 0 spiro atoms. The van der Waals surface area contributed by atoms with Gasteiger partial charge >= 0.3 is 0 Å². The monoisotopic (exact) mass is 182 g/mol. The van der Waals surface area contributed by atoms with E-state index in [1.54, 1.807) is 0 Å². The van der Waals surface area contributed by atoms with Gasteiger partial charge in [0.1, 0.15) is 0 Å². The van der Waals surface area contributed by atoms with E-state index in [2.05, 4.69) is 31.8 Å². The maximum absolute atomic E-state index is 4.24. The van der Waals surface area contributed by atoms with Crippen LogP contribution in [0.2, 0.25) is 0 Å². The van der Waals surface area contributed by atoms with E-state index >= 15 is 0 Å². The first-order chi connectivity index (χ1) is 5.11. The molecule has 58 valence electrons. The average molecular weight is 182 g/mol. The maximum atomic E-state index is 4.24. The minimum atomic E-state index is 0.897. The first-order valence-corrected chi connectivity index (χ1v) is 4.18. The third-order valence-corrected chi connectivity index (χ3v) is 2.40. The summed E-state index contributed by atoms with van der Waals surface area (Å²) in [6.07, 6.45) is 0. The number of hydrogen-bond donors (Lipinski definition) is 2. The molecular formula is C9H10S2. The van der Waals surface area contributed by atoms with Crippen molar-refractivity contribution in [2.45, 2.75) is 16.7 Å². The van der Waals surface area contributed by atoms with Crippen molar-refractivity contribution >= 4 is 30.8 Å². The number of thiol groups is 2. The zero-order chi connectivity index (χ0) is 8.43. The summed E-state index contributed by atoms with van der Waals surface area (Å²) in [4.78, 5) is 1.80. The van der Waals surface area contributed by atoms with Crippen LogP contribution in [0.15, 0.2) is 34.6 Å². The third kappa shape index (κ3) is 2.04. The lowest BCUT2D eigenvalue weighted by atomic mass is 10.1. The van der Waals surface area contributed by atoms with Crippen LogP contribution in [0, 0.1) is 0 Å². The van der Waals surface area contributed by atoms with Gasteiger partial charge in [0.2, 0.25) is 0 Å². The van der Waals surface area contributed by atoms with Gasteiger partial charge in [-0.15, -0.1) is 25.3 Å². The lowest BCUT2D eigenvalue weighted by Gasteiger charge is -2.02. The van der Waals surface area contributed by atoms with Crippen LogP contribution in [0.4, 0.5) is 0 Å². The van der Waals surface area contributed by atoms with Crippen molar-refractivity contribution in [2.24, 2.45) is 0 Å². The Balaban J connectivity index is 3.15. The van der Waals surface area contributed by atoms with E-state index in [4.69, 9.17) is 0 Å². The second-order valence-electron chi connectivity index (χ2n) is 2.48. The fourth-order valence-corrected chi connectivity index (χ4v) is 1.14. The van der Waals surface area contributed by atoms with Crippen molar-refractivity contribution in [1.82, 2.24) is 0 Å². The SMILES string of the molecule is C=C(C)c1ccc(S)c(S)c1. The summed E-state index contributed by atoms with van der Waals surface area (Å²) in [5.41, 5.74) is 2.17. The molecule has 0 amide bonds. The quantitative estimate of drug-likeness (QED) is 0.612. The van der Waals surface area contributed by atoms with Crippen LogP contribution in [-0.4, -0.2) is 0 Å². The molecule has 1 aromatic rings. The molecule has 0 radical (unpaired) electrons. The second kappa shape index (κ2) is 3.37. The van der Waals surface area contributed by atoms with E-state index in [0.717, 1.165) is 20.9 Å².